The number of ether oxygens (including phenoxy) is 2. The summed E-state index contributed by atoms with van der Waals surface area (Å²) >= 11 is 0. The zero-order valence-electron chi connectivity index (χ0n) is 14.5. The van der Waals surface area contributed by atoms with Gasteiger partial charge in [-0.3, -0.25) is 9.59 Å². The lowest BCUT2D eigenvalue weighted by Gasteiger charge is -2.58. The molecule has 2 heterocycles. The summed E-state index contributed by atoms with van der Waals surface area (Å²) < 4.78 is 11.6. The molecule has 6 nitrogen and oxygen atoms in total. The number of rotatable bonds is 4. The number of Topliss-reactive ketones (excluding diaryl/α,β-unsaturated/α-hetero) is 1. The van der Waals surface area contributed by atoms with Crippen LogP contribution in [0.1, 0.15) is 32.3 Å². The van der Waals surface area contributed by atoms with Crippen molar-refractivity contribution in [2.75, 3.05) is 6.61 Å². The second-order valence-electron chi connectivity index (χ2n) is 7.61. The van der Waals surface area contributed by atoms with Gasteiger partial charge in [0.2, 0.25) is 0 Å². The van der Waals surface area contributed by atoms with E-state index in [-0.39, 0.29) is 11.7 Å². The first kappa shape index (κ1) is 16.7. The van der Waals surface area contributed by atoms with Crippen LogP contribution in [0.4, 0.5) is 0 Å². The minimum Gasteiger partial charge on any atom is -0.377 e. The second kappa shape index (κ2) is 5.62. The van der Waals surface area contributed by atoms with Gasteiger partial charge in [-0.05, 0) is 25.8 Å². The molecule has 0 bridgehead atoms. The van der Waals surface area contributed by atoms with E-state index in [2.05, 4.69) is 0 Å². The summed E-state index contributed by atoms with van der Waals surface area (Å²) in [6.45, 7) is 4.29. The second-order valence-corrected chi connectivity index (χ2v) is 7.61. The molecule has 25 heavy (non-hydrogen) atoms. The Morgan fingerprint density at radius 2 is 1.96 bits per heavy atom. The molecule has 1 aromatic rings. The number of carbonyl (C=O) groups is 2. The number of β-lactam (4-membered cyclic amide) rings is 1. The first-order valence-corrected chi connectivity index (χ1v) is 8.75. The number of ketones is 1. The van der Waals surface area contributed by atoms with E-state index in [0.717, 1.165) is 5.56 Å². The van der Waals surface area contributed by atoms with Gasteiger partial charge in [-0.1, -0.05) is 30.3 Å². The number of hydrogen-bond donors (Lipinski definition) is 1. The molecule has 0 spiro atoms. The van der Waals surface area contributed by atoms with E-state index < -0.39 is 29.5 Å². The van der Waals surface area contributed by atoms with Crippen molar-refractivity contribution < 1.29 is 24.2 Å². The topological polar surface area (TPSA) is 76.1 Å². The van der Waals surface area contributed by atoms with Crippen LogP contribution >= 0.6 is 0 Å². The third-order valence-electron chi connectivity index (χ3n) is 5.57. The van der Waals surface area contributed by atoms with Crippen molar-refractivity contribution in [1.29, 1.82) is 0 Å². The highest BCUT2D eigenvalue weighted by atomic mass is 16.7. The first-order valence-electron chi connectivity index (χ1n) is 8.75. The maximum Gasteiger partial charge on any atom is 0.258 e. The fraction of sp³-hybridized carbons (Fsp3) is 0.579. The summed E-state index contributed by atoms with van der Waals surface area (Å²) in [6, 6.07) is 9.04. The highest BCUT2D eigenvalue weighted by molar-refractivity contribution is 6.01. The monoisotopic (exact) mass is 345 g/mol. The number of benzene rings is 1. The van der Waals surface area contributed by atoms with E-state index in [9.17, 15) is 14.7 Å². The Labute approximate surface area is 146 Å². The van der Waals surface area contributed by atoms with Crippen molar-refractivity contribution in [1.82, 2.24) is 4.90 Å². The number of amides is 1. The van der Waals surface area contributed by atoms with Crippen LogP contribution in [-0.4, -0.2) is 51.8 Å². The summed E-state index contributed by atoms with van der Waals surface area (Å²) in [6.07, 6.45) is 0.530. The molecular formula is C19H23NO5. The van der Waals surface area contributed by atoms with Crippen molar-refractivity contribution in [2.24, 2.45) is 5.92 Å². The van der Waals surface area contributed by atoms with E-state index in [1.54, 1.807) is 4.90 Å². The van der Waals surface area contributed by atoms with E-state index >= 15 is 0 Å². The van der Waals surface area contributed by atoms with Crippen LogP contribution in [0.3, 0.4) is 0 Å². The Kier molecular flexibility index (Phi) is 3.76. The molecule has 0 unspecified atom stereocenters. The molecule has 1 N–H and O–H groups in total. The van der Waals surface area contributed by atoms with Gasteiger partial charge in [0.15, 0.2) is 11.4 Å². The number of carbonyl (C=O) groups excluding carboxylic acids is 2. The predicted molar refractivity (Wildman–Crippen MR) is 88.4 cm³/mol. The minimum absolute atomic E-state index is 0.0432. The SMILES string of the molecule is CC1(C)OC[C@H]([C@@H]2N(Cc3ccccc3)C(=O)[C@@]2(O)[C@@H]2CCC2=O)O1. The third kappa shape index (κ3) is 2.51. The molecule has 4 rings (SSSR count). The quantitative estimate of drug-likeness (QED) is 0.832. The fourth-order valence-corrected chi connectivity index (χ4v) is 4.19. The molecule has 6 heteroatoms. The number of nitrogens with zero attached hydrogens (tertiary/aromatic N) is 1. The average molecular weight is 345 g/mol. The molecule has 0 radical (unpaired) electrons. The summed E-state index contributed by atoms with van der Waals surface area (Å²) in [5.41, 5.74) is -0.695. The summed E-state index contributed by atoms with van der Waals surface area (Å²) in [5.74, 6) is -1.80. The van der Waals surface area contributed by atoms with Gasteiger partial charge in [-0.25, -0.2) is 0 Å². The Morgan fingerprint density at radius 1 is 1.24 bits per heavy atom. The predicted octanol–water partition coefficient (Wildman–Crippen LogP) is 1.26. The molecule has 134 valence electrons. The van der Waals surface area contributed by atoms with Crippen molar-refractivity contribution in [2.45, 2.75) is 56.8 Å². The van der Waals surface area contributed by atoms with Gasteiger partial charge >= 0.3 is 0 Å². The summed E-state index contributed by atoms with van der Waals surface area (Å²) in [4.78, 5) is 26.4. The number of hydrogen-bond acceptors (Lipinski definition) is 5. The normalized spacial score (nSPS) is 36.9. The van der Waals surface area contributed by atoms with Crippen molar-refractivity contribution in [3.05, 3.63) is 35.9 Å². The summed E-state index contributed by atoms with van der Waals surface area (Å²) in [7, 11) is 0. The minimum atomic E-state index is -1.67. The molecule has 2 saturated heterocycles. The van der Waals surface area contributed by atoms with Crippen molar-refractivity contribution in [3.8, 4) is 0 Å². The molecule has 3 aliphatic rings. The van der Waals surface area contributed by atoms with E-state index in [1.807, 2.05) is 44.2 Å². The van der Waals surface area contributed by atoms with Crippen LogP contribution in [0.25, 0.3) is 0 Å². The third-order valence-corrected chi connectivity index (χ3v) is 5.57. The largest absolute Gasteiger partial charge is 0.377 e. The van der Waals surface area contributed by atoms with Gasteiger partial charge in [0, 0.05) is 13.0 Å². The van der Waals surface area contributed by atoms with Crippen molar-refractivity contribution in [3.63, 3.8) is 0 Å². The zero-order valence-corrected chi connectivity index (χ0v) is 14.5. The molecule has 2 aliphatic heterocycles. The van der Waals surface area contributed by atoms with Gasteiger partial charge in [0.05, 0.1) is 18.6 Å². The molecule has 1 aliphatic carbocycles. The van der Waals surface area contributed by atoms with Crippen LogP contribution in [0, 0.1) is 5.92 Å². The van der Waals surface area contributed by atoms with Gasteiger partial charge in [0.25, 0.3) is 5.91 Å². The maximum absolute atomic E-state index is 12.8. The van der Waals surface area contributed by atoms with Crippen molar-refractivity contribution >= 4 is 11.7 Å². The molecule has 3 fully saturated rings. The fourth-order valence-electron chi connectivity index (χ4n) is 4.19. The molecule has 0 aromatic heterocycles. The van der Waals surface area contributed by atoms with Crippen LogP contribution in [0.2, 0.25) is 0 Å². The van der Waals surface area contributed by atoms with E-state index in [4.69, 9.17) is 9.47 Å². The van der Waals surface area contributed by atoms with Crippen LogP contribution < -0.4 is 0 Å². The lowest BCUT2D eigenvalue weighted by molar-refractivity contribution is -0.232. The number of likely N-dealkylation sites (tertiary alicyclic amines) is 1. The Hall–Kier alpha value is -1.76. The average Bonchev–Trinajstić information content (AvgIpc) is 2.92. The Balaban J connectivity index is 1.62. The summed E-state index contributed by atoms with van der Waals surface area (Å²) in [5, 5.41) is 11.2. The highest BCUT2D eigenvalue weighted by Crippen LogP contribution is 2.48. The van der Waals surface area contributed by atoms with Gasteiger partial charge < -0.3 is 19.5 Å². The lowest BCUT2D eigenvalue weighted by Crippen LogP contribution is -2.81. The maximum atomic E-state index is 12.8. The van der Waals surface area contributed by atoms with Crippen LogP contribution in [-0.2, 0) is 25.6 Å². The number of aliphatic hydroxyl groups is 1. The van der Waals surface area contributed by atoms with Crippen LogP contribution in [0.15, 0.2) is 30.3 Å². The van der Waals surface area contributed by atoms with Gasteiger partial charge in [0.1, 0.15) is 11.9 Å². The van der Waals surface area contributed by atoms with Gasteiger partial charge in [-0.2, -0.15) is 0 Å². The Morgan fingerprint density at radius 3 is 2.48 bits per heavy atom. The molecule has 1 aromatic carbocycles. The van der Waals surface area contributed by atoms with Crippen LogP contribution in [0.5, 0.6) is 0 Å². The molecule has 1 saturated carbocycles. The Bertz CT molecular complexity index is 703. The molecule has 1 amide bonds. The van der Waals surface area contributed by atoms with E-state index in [1.165, 1.54) is 0 Å². The van der Waals surface area contributed by atoms with Gasteiger partial charge in [-0.15, -0.1) is 0 Å². The lowest BCUT2D eigenvalue weighted by atomic mass is 9.62. The molecular weight excluding hydrogens is 322 g/mol. The smallest absolute Gasteiger partial charge is 0.258 e. The van der Waals surface area contributed by atoms with E-state index in [0.29, 0.717) is 26.0 Å². The first-order chi connectivity index (χ1) is 11.8. The standard InChI is InChI=1S/C19H23NO5/c1-18(2)24-11-15(25-18)16-19(23,13-8-9-14(13)21)17(22)20(16)10-12-6-4-3-5-7-12/h3-7,13,15-16,23H,8-11H2,1-2H3/t13-,15-,16+,19-/m1/s1. The highest BCUT2D eigenvalue weighted by Gasteiger charge is 2.70. The molecule has 4 atom stereocenters. The zero-order chi connectivity index (χ0) is 17.8.